The molecule has 0 spiro atoms. The summed E-state index contributed by atoms with van der Waals surface area (Å²) in [6.07, 6.45) is 10.8. The van der Waals surface area contributed by atoms with E-state index in [0.29, 0.717) is 11.8 Å². The van der Waals surface area contributed by atoms with Gasteiger partial charge in [-0.3, -0.25) is 0 Å². The van der Waals surface area contributed by atoms with Crippen molar-refractivity contribution < 1.29 is 10.2 Å². The number of hydrogen-bond acceptors (Lipinski definition) is 2. The molecule has 0 bridgehead atoms. The second-order valence-corrected chi connectivity index (χ2v) is 6.41. The minimum Gasteiger partial charge on any atom is -0.392 e. The van der Waals surface area contributed by atoms with E-state index in [9.17, 15) is 10.2 Å². The van der Waals surface area contributed by atoms with Gasteiger partial charge in [0.15, 0.2) is 0 Å². The van der Waals surface area contributed by atoms with Gasteiger partial charge in [0.05, 0.1) is 12.2 Å². The van der Waals surface area contributed by atoms with Crippen LogP contribution >= 0.6 is 0 Å². The Morgan fingerprint density at radius 1 is 1.37 bits per heavy atom. The molecule has 2 heteroatoms. The van der Waals surface area contributed by atoms with Crippen LogP contribution < -0.4 is 0 Å². The Hall–Kier alpha value is -0.600. The Morgan fingerprint density at radius 3 is 2.89 bits per heavy atom. The Morgan fingerprint density at radius 2 is 2.16 bits per heavy atom. The first-order valence-electron chi connectivity index (χ1n) is 7.83. The Labute approximate surface area is 117 Å². The molecule has 0 saturated heterocycles. The number of fused-ring (bicyclic) bond motifs is 1. The summed E-state index contributed by atoms with van der Waals surface area (Å²) in [5.41, 5.74) is 1.34. The van der Waals surface area contributed by atoms with Crippen LogP contribution in [0.5, 0.6) is 0 Å². The second-order valence-electron chi connectivity index (χ2n) is 6.41. The Kier molecular flexibility index (Phi) is 5.23. The smallest absolute Gasteiger partial charge is 0.0721 e. The predicted octanol–water partition coefficient (Wildman–Crippen LogP) is 3.45. The quantitative estimate of drug-likeness (QED) is 0.570. The molecule has 5 atom stereocenters. The number of unbranched alkanes of at least 4 members (excludes halogenated alkanes) is 2. The molecule has 2 aliphatic rings. The van der Waals surface area contributed by atoms with Crippen molar-refractivity contribution in [3.8, 4) is 0 Å². The molecule has 19 heavy (non-hydrogen) atoms. The van der Waals surface area contributed by atoms with Gasteiger partial charge in [0.1, 0.15) is 0 Å². The van der Waals surface area contributed by atoms with Gasteiger partial charge in [0.25, 0.3) is 0 Å². The van der Waals surface area contributed by atoms with Gasteiger partial charge in [-0.1, -0.05) is 50.5 Å². The summed E-state index contributed by atoms with van der Waals surface area (Å²) in [7, 11) is 0. The molecule has 0 amide bonds. The van der Waals surface area contributed by atoms with E-state index in [-0.39, 0.29) is 18.1 Å². The van der Waals surface area contributed by atoms with E-state index in [4.69, 9.17) is 0 Å². The molecule has 0 radical (unpaired) electrons. The number of aliphatic hydroxyl groups excluding tert-OH is 2. The highest BCUT2D eigenvalue weighted by Crippen LogP contribution is 2.49. The monoisotopic (exact) mass is 264 g/mol. The summed E-state index contributed by atoms with van der Waals surface area (Å²) in [5, 5.41) is 20.1. The molecule has 0 aromatic heterocycles. The predicted molar refractivity (Wildman–Crippen MR) is 78.8 cm³/mol. The van der Waals surface area contributed by atoms with Crippen LogP contribution in [0, 0.1) is 17.8 Å². The minimum absolute atomic E-state index is 0.220. The SMILES string of the molecule is C=C1C[C@H]2C[C@@H](O)[C@H](C=C[C@@H](O)CCCCC)[C@@H]2C1. The lowest BCUT2D eigenvalue weighted by Gasteiger charge is -2.17. The van der Waals surface area contributed by atoms with Crippen molar-refractivity contribution in [1.29, 1.82) is 0 Å². The van der Waals surface area contributed by atoms with E-state index < -0.39 is 0 Å². The van der Waals surface area contributed by atoms with Crippen LogP contribution in [0.2, 0.25) is 0 Å². The summed E-state index contributed by atoms with van der Waals surface area (Å²) < 4.78 is 0. The maximum Gasteiger partial charge on any atom is 0.0721 e. The van der Waals surface area contributed by atoms with Gasteiger partial charge in [0.2, 0.25) is 0 Å². The first kappa shape index (κ1) is 14.8. The van der Waals surface area contributed by atoms with E-state index in [0.717, 1.165) is 32.1 Å². The average molecular weight is 264 g/mol. The highest BCUT2D eigenvalue weighted by Gasteiger charge is 2.44. The first-order valence-corrected chi connectivity index (χ1v) is 7.83. The third kappa shape index (κ3) is 3.70. The summed E-state index contributed by atoms with van der Waals surface area (Å²) in [5.74, 6) is 1.40. The summed E-state index contributed by atoms with van der Waals surface area (Å²) in [6, 6.07) is 0. The summed E-state index contributed by atoms with van der Waals surface area (Å²) >= 11 is 0. The van der Waals surface area contributed by atoms with Crippen molar-refractivity contribution in [3.05, 3.63) is 24.3 Å². The zero-order valence-corrected chi connectivity index (χ0v) is 12.1. The van der Waals surface area contributed by atoms with Crippen molar-refractivity contribution in [1.82, 2.24) is 0 Å². The molecule has 0 unspecified atom stereocenters. The molecule has 0 aliphatic heterocycles. The number of rotatable bonds is 6. The van der Waals surface area contributed by atoms with Crippen LogP contribution in [0.15, 0.2) is 24.3 Å². The van der Waals surface area contributed by atoms with E-state index >= 15 is 0 Å². The van der Waals surface area contributed by atoms with E-state index in [1.165, 1.54) is 18.4 Å². The van der Waals surface area contributed by atoms with Crippen LogP contribution in [0.4, 0.5) is 0 Å². The molecule has 2 aliphatic carbocycles. The molecule has 0 aromatic rings. The fraction of sp³-hybridized carbons (Fsp3) is 0.765. The van der Waals surface area contributed by atoms with Gasteiger partial charge < -0.3 is 10.2 Å². The summed E-state index contributed by atoms with van der Waals surface area (Å²) in [4.78, 5) is 0. The van der Waals surface area contributed by atoms with Crippen molar-refractivity contribution in [2.24, 2.45) is 17.8 Å². The molecule has 0 aromatic carbocycles. The maximum atomic E-state index is 10.1. The molecule has 2 nitrogen and oxygen atoms in total. The molecule has 0 heterocycles. The largest absolute Gasteiger partial charge is 0.392 e. The molecule has 108 valence electrons. The van der Waals surface area contributed by atoms with E-state index in [2.05, 4.69) is 19.6 Å². The van der Waals surface area contributed by atoms with Gasteiger partial charge in [-0.05, 0) is 37.5 Å². The van der Waals surface area contributed by atoms with Crippen molar-refractivity contribution in [3.63, 3.8) is 0 Å². The molecule has 2 saturated carbocycles. The van der Waals surface area contributed by atoms with Gasteiger partial charge in [-0.2, -0.15) is 0 Å². The van der Waals surface area contributed by atoms with Gasteiger partial charge in [-0.15, -0.1) is 0 Å². The number of hydrogen-bond donors (Lipinski definition) is 2. The average Bonchev–Trinajstić information content (AvgIpc) is 2.82. The fourth-order valence-electron chi connectivity index (χ4n) is 3.79. The number of allylic oxidation sites excluding steroid dienone is 1. The lowest BCUT2D eigenvalue weighted by atomic mass is 9.90. The molecular formula is C17H28O2. The Bertz CT molecular complexity index is 334. The molecule has 2 fully saturated rings. The lowest BCUT2D eigenvalue weighted by molar-refractivity contribution is 0.139. The van der Waals surface area contributed by atoms with Gasteiger partial charge in [0, 0.05) is 5.92 Å². The van der Waals surface area contributed by atoms with E-state index in [1.54, 1.807) is 0 Å². The molecule has 2 N–H and O–H groups in total. The standard InChI is InChI=1S/C17H28O2/c1-3-4-5-6-14(18)7-8-15-16-10-12(2)9-13(16)11-17(15)19/h7-8,13-19H,2-6,9-11H2,1H3/t13-,14-,15+,16+,17+/m0/s1. The normalized spacial score (nSPS) is 36.1. The number of aliphatic hydroxyl groups is 2. The third-order valence-corrected chi connectivity index (χ3v) is 4.82. The van der Waals surface area contributed by atoms with Crippen LogP contribution in [-0.4, -0.2) is 22.4 Å². The first-order chi connectivity index (χ1) is 9.11. The summed E-state index contributed by atoms with van der Waals surface area (Å²) in [6.45, 7) is 6.26. The molecular weight excluding hydrogens is 236 g/mol. The zero-order chi connectivity index (χ0) is 13.8. The third-order valence-electron chi connectivity index (χ3n) is 4.82. The minimum atomic E-state index is -0.345. The highest BCUT2D eigenvalue weighted by molar-refractivity contribution is 5.15. The fourth-order valence-corrected chi connectivity index (χ4v) is 3.79. The van der Waals surface area contributed by atoms with Crippen LogP contribution in [0.25, 0.3) is 0 Å². The van der Waals surface area contributed by atoms with Gasteiger partial charge >= 0.3 is 0 Å². The highest BCUT2D eigenvalue weighted by atomic mass is 16.3. The lowest BCUT2D eigenvalue weighted by Crippen LogP contribution is -2.17. The topological polar surface area (TPSA) is 40.5 Å². The van der Waals surface area contributed by atoms with Crippen LogP contribution in [0.1, 0.15) is 51.9 Å². The van der Waals surface area contributed by atoms with Crippen molar-refractivity contribution in [2.75, 3.05) is 0 Å². The molecule has 2 rings (SSSR count). The van der Waals surface area contributed by atoms with Crippen LogP contribution in [0.3, 0.4) is 0 Å². The Balaban J connectivity index is 1.85. The second kappa shape index (κ2) is 6.71. The van der Waals surface area contributed by atoms with Crippen molar-refractivity contribution in [2.45, 2.75) is 64.1 Å². The van der Waals surface area contributed by atoms with Crippen LogP contribution in [-0.2, 0) is 0 Å². The van der Waals surface area contributed by atoms with Crippen molar-refractivity contribution >= 4 is 0 Å². The van der Waals surface area contributed by atoms with E-state index in [1.807, 2.05) is 6.08 Å². The maximum absolute atomic E-state index is 10.1. The van der Waals surface area contributed by atoms with Gasteiger partial charge in [-0.25, -0.2) is 0 Å². The zero-order valence-electron chi connectivity index (χ0n) is 12.1.